The summed E-state index contributed by atoms with van der Waals surface area (Å²) >= 11 is 1.14. The molecule has 6 nitrogen and oxygen atoms in total. The number of amides is 1. The van der Waals surface area contributed by atoms with Crippen LogP contribution in [-0.2, 0) is 11.3 Å². The van der Waals surface area contributed by atoms with Crippen molar-refractivity contribution < 1.29 is 9.18 Å². The molecule has 0 aliphatic carbocycles. The molecule has 0 spiro atoms. The zero-order chi connectivity index (χ0) is 21.4. The summed E-state index contributed by atoms with van der Waals surface area (Å²) in [5, 5.41) is 4.46. The molecule has 30 heavy (non-hydrogen) atoms. The number of carbonyl (C=O) groups excluding carboxylic acids is 1. The second-order valence-corrected chi connectivity index (χ2v) is 7.88. The summed E-state index contributed by atoms with van der Waals surface area (Å²) in [6.45, 7) is 3.52. The minimum Gasteiger partial charge on any atom is -0.324 e. The van der Waals surface area contributed by atoms with Crippen molar-refractivity contribution in [3.05, 3.63) is 91.7 Å². The average Bonchev–Trinajstić information content (AvgIpc) is 3.19. The molecule has 0 saturated heterocycles. The van der Waals surface area contributed by atoms with Gasteiger partial charge in [-0.25, -0.2) is 13.8 Å². The first-order valence-corrected chi connectivity index (χ1v) is 10.1. The summed E-state index contributed by atoms with van der Waals surface area (Å²) < 4.78 is 16.6. The Kier molecular flexibility index (Phi) is 5.09. The highest BCUT2D eigenvalue weighted by Gasteiger charge is 2.19. The van der Waals surface area contributed by atoms with E-state index in [1.165, 1.54) is 22.8 Å². The van der Waals surface area contributed by atoms with Gasteiger partial charge in [-0.15, -0.1) is 11.3 Å². The number of anilines is 1. The van der Waals surface area contributed by atoms with Gasteiger partial charge in [0.05, 0.1) is 11.2 Å². The van der Waals surface area contributed by atoms with Crippen LogP contribution in [0, 0.1) is 19.7 Å². The smallest absolute Gasteiger partial charge is 0.324 e. The number of halogens is 1. The highest BCUT2D eigenvalue weighted by Crippen LogP contribution is 2.19. The lowest BCUT2D eigenvalue weighted by Gasteiger charge is -2.14. The van der Waals surface area contributed by atoms with Gasteiger partial charge >= 0.3 is 5.69 Å². The highest BCUT2D eigenvalue weighted by molar-refractivity contribution is 7.17. The van der Waals surface area contributed by atoms with E-state index < -0.39 is 23.0 Å². The maximum atomic E-state index is 14.3. The van der Waals surface area contributed by atoms with Gasteiger partial charge in [-0.2, -0.15) is 0 Å². The highest BCUT2D eigenvalue weighted by atomic mass is 32.1. The summed E-state index contributed by atoms with van der Waals surface area (Å²) in [5.74, 6) is -1.12. The first-order chi connectivity index (χ1) is 14.4. The SMILES string of the molecule is Cc1ccc(NC(=O)Cn2c(=O)n(-c3ccccc3F)c(=O)c3sccc32)c(C)c1. The van der Waals surface area contributed by atoms with Crippen molar-refractivity contribution >= 4 is 33.1 Å². The topological polar surface area (TPSA) is 73.1 Å². The Bertz CT molecular complexity index is 1400. The van der Waals surface area contributed by atoms with E-state index in [4.69, 9.17) is 0 Å². The number of hydrogen-bond acceptors (Lipinski definition) is 4. The Morgan fingerprint density at radius 2 is 1.87 bits per heavy atom. The van der Waals surface area contributed by atoms with E-state index >= 15 is 0 Å². The maximum absolute atomic E-state index is 14.3. The Labute approximate surface area is 174 Å². The third-order valence-electron chi connectivity index (χ3n) is 4.81. The van der Waals surface area contributed by atoms with Crippen LogP contribution in [0.5, 0.6) is 0 Å². The monoisotopic (exact) mass is 423 g/mol. The largest absolute Gasteiger partial charge is 0.336 e. The second-order valence-electron chi connectivity index (χ2n) is 6.96. The van der Waals surface area contributed by atoms with Gasteiger partial charge in [-0.05, 0) is 49.1 Å². The van der Waals surface area contributed by atoms with Crippen LogP contribution in [0.2, 0.25) is 0 Å². The molecular formula is C22H18FN3O3S. The lowest BCUT2D eigenvalue weighted by Crippen LogP contribution is -2.40. The molecule has 2 heterocycles. The van der Waals surface area contributed by atoms with Crippen molar-refractivity contribution in [3.8, 4) is 5.69 Å². The molecule has 1 N–H and O–H groups in total. The lowest BCUT2D eigenvalue weighted by molar-refractivity contribution is -0.116. The van der Waals surface area contributed by atoms with Crippen molar-refractivity contribution in [1.29, 1.82) is 0 Å². The third kappa shape index (κ3) is 3.46. The van der Waals surface area contributed by atoms with Crippen molar-refractivity contribution in [2.45, 2.75) is 20.4 Å². The van der Waals surface area contributed by atoms with Gasteiger partial charge in [0.25, 0.3) is 5.56 Å². The molecule has 8 heteroatoms. The Morgan fingerprint density at radius 1 is 1.10 bits per heavy atom. The fourth-order valence-electron chi connectivity index (χ4n) is 3.37. The Hall–Kier alpha value is -3.52. The second kappa shape index (κ2) is 7.72. The molecule has 0 aliphatic heterocycles. The number of nitrogens with one attached hydrogen (secondary N) is 1. The van der Waals surface area contributed by atoms with Gasteiger partial charge in [0.15, 0.2) is 0 Å². The van der Waals surface area contributed by atoms with Crippen LogP contribution in [0.25, 0.3) is 15.9 Å². The number of carbonyl (C=O) groups is 1. The number of nitrogens with zero attached hydrogens (tertiary/aromatic N) is 2. The zero-order valence-electron chi connectivity index (χ0n) is 16.3. The van der Waals surface area contributed by atoms with Gasteiger partial charge in [0.2, 0.25) is 5.91 Å². The molecule has 0 saturated carbocycles. The van der Waals surface area contributed by atoms with E-state index in [-0.39, 0.29) is 16.9 Å². The number of aromatic nitrogens is 2. The van der Waals surface area contributed by atoms with E-state index in [1.54, 1.807) is 23.6 Å². The van der Waals surface area contributed by atoms with Crippen LogP contribution in [-0.4, -0.2) is 15.0 Å². The standard InChI is InChI=1S/C22H18FN3O3S/c1-13-7-8-16(14(2)11-13)24-19(27)12-25-18-9-10-30-20(18)21(28)26(22(25)29)17-6-4-3-5-15(17)23/h3-11H,12H2,1-2H3,(H,24,27). The first-order valence-electron chi connectivity index (χ1n) is 9.22. The summed E-state index contributed by atoms with van der Waals surface area (Å²) in [7, 11) is 0. The molecule has 2 aromatic carbocycles. The number of rotatable bonds is 4. The first kappa shape index (κ1) is 19.8. The Morgan fingerprint density at radius 3 is 2.60 bits per heavy atom. The molecule has 0 aliphatic rings. The molecule has 1 amide bonds. The predicted octanol–water partition coefficient (Wildman–Crippen LogP) is 3.61. The molecule has 4 aromatic rings. The molecule has 2 aromatic heterocycles. The summed E-state index contributed by atoms with van der Waals surface area (Å²) in [4.78, 5) is 38.7. The van der Waals surface area contributed by atoms with Crippen LogP contribution in [0.4, 0.5) is 10.1 Å². The van der Waals surface area contributed by atoms with Gasteiger partial charge in [0, 0.05) is 5.69 Å². The fraction of sp³-hybridized carbons (Fsp3) is 0.136. The van der Waals surface area contributed by atoms with Crippen molar-refractivity contribution in [1.82, 2.24) is 9.13 Å². The Balaban J connectivity index is 1.80. The lowest BCUT2D eigenvalue weighted by atomic mass is 10.1. The van der Waals surface area contributed by atoms with Gasteiger partial charge in [-0.3, -0.25) is 14.2 Å². The molecule has 4 rings (SSSR count). The van der Waals surface area contributed by atoms with Crippen LogP contribution < -0.4 is 16.6 Å². The number of benzene rings is 2. The summed E-state index contributed by atoms with van der Waals surface area (Å²) in [6.07, 6.45) is 0. The van der Waals surface area contributed by atoms with Gasteiger partial charge < -0.3 is 5.32 Å². The van der Waals surface area contributed by atoms with Crippen molar-refractivity contribution in [2.75, 3.05) is 5.32 Å². The number of para-hydroxylation sites is 1. The van der Waals surface area contributed by atoms with E-state index in [1.807, 2.05) is 26.0 Å². The third-order valence-corrected chi connectivity index (χ3v) is 5.70. The maximum Gasteiger partial charge on any atom is 0.336 e. The van der Waals surface area contributed by atoms with Crippen molar-refractivity contribution in [2.24, 2.45) is 0 Å². The van der Waals surface area contributed by atoms with Crippen LogP contribution >= 0.6 is 11.3 Å². The van der Waals surface area contributed by atoms with Crippen LogP contribution in [0.15, 0.2) is 63.5 Å². The fourth-order valence-corrected chi connectivity index (χ4v) is 4.20. The summed E-state index contributed by atoms with van der Waals surface area (Å²) in [5.41, 5.74) is 1.42. The molecule has 0 unspecified atom stereocenters. The van der Waals surface area contributed by atoms with Crippen LogP contribution in [0.3, 0.4) is 0 Å². The average molecular weight is 423 g/mol. The molecule has 0 bridgehead atoms. The minimum absolute atomic E-state index is 0.147. The van der Waals surface area contributed by atoms with E-state index in [0.717, 1.165) is 27.0 Å². The van der Waals surface area contributed by atoms with Gasteiger partial charge in [0.1, 0.15) is 17.1 Å². The number of hydrogen-bond donors (Lipinski definition) is 1. The minimum atomic E-state index is -0.772. The summed E-state index contributed by atoms with van der Waals surface area (Å²) in [6, 6.07) is 12.8. The predicted molar refractivity (Wildman–Crippen MR) is 116 cm³/mol. The molecule has 0 radical (unpaired) electrons. The molecule has 0 atom stereocenters. The normalized spacial score (nSPS) is 11.0. The number of fused-ring (bicyclic) bond motifs is 1. The molecule has 0 fully saturated rings. The number of aryl methyl sites for hydroxylation is 2. The van der Waals surface area contributed by atoms with Crippen molar-refractivity contribution in [3.63, 3.8) is 0 Å². The van der Waals surface area contributed by atoms with E-state index in [2.05, 4.69) is 5.32 Å². The number of thiophene rings is 1. The quantitative estimate of drug-likeness (QED) is 0.545. The van der Waals surface area contributed by atoms with E-state index in [0.29, 0.717) is 11.2 Å². The molecular weight excluding hydrogens is 405 g/mol. The molecule has 152 valence electrons. The van der Waals surface area contributed by atoms with E-state index in [9.17, 15) is 18.8 Å². The van der Waals surface area contributed by atoms with Crippen LogP contribution in [0.1, 0.15) is 11.1 Å². The zero-order valence-corrected chi connectivity index (χ0v) is 17.1. The van der Waals surface area contributed by atoms with Gasteiger partial charge in [-0.1, -0.05) is 29.8 Å².